The molecule has 0 spiro atoms. The molecule has 0 aromatic carbocycles. The summed E-state index contributed by atoms with van der Waals surface area (Å²) in [5.41, 5.74) is 1.13. The number of hydrogen-bond donors (Lipinski definition) is 1. The smallest absolute Gasteiger partial charge is 0.213 e. The van der Waals surface area contributed by atoms with E-state index in [2.05, 4.69) is 29.0 Å². The zero-order chi connectivity index (χ0) is 18.2. The van der Waals surface area contributed by atoms with Crippen LogP contribution < -0.4 is 10.1 Å². The van der Waals surface area contributed by atoms with E-state index >= 15 is 0 Å². The quantitative estimate of drug-likeness (QED) is 0.345. The van der Waals surface area contributed by atoms with Gasteiger partial charge in [0.2, 0.25) is 5.88 Å². The van der Waals surface area contributed by atoms with Gasteiger partial charge in [0.1, 0.15) is 0 Å². The molecule has 2 aliphatic rings. The van der Waals surface area contributed by atoms with Crippen molar-refractivity contribution in [2.75, 3.05) is 32.8 Å². The monoisotopic (exact) mass is 488 g/mol. The molecule has 0 bridgehead atoms. The largest absolute Gasteiger partial charge is 0.477 e. The molecule has 1 saturated carbocycles. The summed E-state index contributed by atoms with van der Waals surface area (Å²) in [5.74, 6) is 2.44. The van der Waals surface area contributed by atoms with Gasteiger partial charge in [-0.25, -0.2) is 9.98 Å². The van der Waals surface area contributed by atoms with Crippen LogP contribution in [0.4, 0.5) is 0 Å². The third-order valence-corrected chi connectivity index (χ3v) is 4.85. The maximum atomic E-state index is 5.78. The first-order valence-electron chi connectivity index (χ1n) is 10.0. The maximum absolute atomic E-state index is 5.78. The molecule has 2 fully saturated rings. The van der Waals surface area contributed by atoms with Gasteiger partial charge in [-0.15, -0.1) is 24.0 Å². The standard InChI is InChI=1S/C20H32N4O2.HI/c1-3-21-20(24-11-8-18(9-12-24)25-4-2)23-14-17-7-10-22-19(13-17)26-15-16-5-6-16;/h7,10,13,16,18H,3-6,8-9,11-12,14-15H2,1-2H3,(H,21,23);1H. The predicted molar refractivity (Wildman–Crippen MR) is 119 cm³/mol. The van der Waals surface area contributed by atoms with Crippen molar-refractivity contribution in [3.05, 3.63) is 23.9 Å². The van der Waals surface area contributed by atoms with E-state index in [9.17, 15) is 0 Å². The molecule has 0 amide bonds. The van der Waals surface area contributed by atoms with Gasteiger partial charge < -0.3 is 19.7 Å². The second-order valence-electron chi connectivity index (χ2n) is 7.07. The van der Waals surface area contributed by atoms with Crippen LogP contribution in [0.2, 0.25) is 0 Å². The van der Waals surface area contributed by atoms with Gasteiger partial charge in [0.05, 0.1) is 19.3 Å². The van der Waals surface area contributed by atoms with Crippen LogP contribution in [0.1, 0.15) is 45.1 Å². The highest BCUT2D eigenvalue weighted by Crippen LogP contribution is 2.29. The summed E-state index contributed by atoms with van der Waals surface area (Å²) in [7, 11) is 0. The molecule has 0 unspecified atom stereocenters. The van der Waals surface area contributed by atoms with Gasteiger partial charge in [0, 0.05) is 38.5 Å². The molecule has 0 atom stereocenters. The predicted octanol–water partition coefficient (Wildman–Crippen LogP) is 3.45. The minimum Gasteiger partial charge on any atom is -0.477 e. The molecule has 1 N–H and O–H groups in total. The van der Waals surface area contributed by atoms with E-state index in [1.807, 2.05) is 18.3 Å². The lowest BCUT2D eigenvalue weighted by molar-refractivity contribution is 0.0263. The van der Waals surface area contributed by atoms with Crippen molar-refractivity contribution in [3.63, 3.8) is 0 Å². The topological polar surface area (TPSA) is 59.0 Å². The van der Waals surface area contributed by atoms with Crippen molar-refractivity contribution >= 4 is 29.9 Å². The van der Waals surface area contributed by atoms with Crippen LogP contribution in [0.5, 0.6) is 5.88 Å². The van der Waals surface area contributed by atoms with E-state index in [1.54, 1.807) is 0 Å². The number of guanidine groups is 1. The molecule has 3 rings (SSSR count). The van der Waals surface area contributed by atoms with Crippen molar-refractivity contribution in [3.8, 4) is 5.88 Å². The molecule has 7 heteroatoms. The number of nitrogens with zero attached hydrogens (tertiary/aromatic N) is 3. The lowest BCUT2D eigenvalue weighted by atomic mass is 10.1. The number of halogens is 1. The van der Waals surface area contributed by atoms with Crippen LogP contribution in [0.25, 0.3) is 0 Å². The van der Waals surface area contributed by atoms with Gasteiger partial charge in [-0.3, -0.25) is 0 Å². The SMILES string of the molecule is CCNC(=NCc1ccnc(OCC2CC2)c1)N1CCC(OCC)CC1.I. The highest BCUT2D eigenvalue weighted by Gasteiger charge is 2.22. The number of rotatable bonds is 8. The van der Waals surface area contributed by atoms with Gasteiger partial charge in [-0.05, 0) is 57.1 Å². The van der Waals surface area contributed by atoms with Crippen molar-refractivity contribution < 1.29 is 9.47 Å². The fraction of sp³-hybridized carbons (Fsp3) is 0.700. The first-order chi connectivity index (χ1) is 12.8. The van der Waals surface area contributed by atoms with Crippen LogP contribution in [-0.4, -0.2) is 54.8 Å². The molecule has 1 aromatic heterocycles. The maximum Gasteiger partial charge on any atom is 0.213 e. The number of pyridine rings is 1. The van der Waals surface area contributed by atoms with E-state index in [-0.39, 0.29) is 24.0 Å². The number of aromatic nitrogens is 1. The number of aliphatic imine (C=N–C) groups is 1. The molecule has 2 heterocycles. The Morgan fingerprint density at radius 3 is 2.70 bits per heavy atom. The summed E-state index contributed by atoms with van der Waals surface area (Å²) < 4.78 is 11.5. The summed E-state index contributed by atoms with van der Waals surface area (Å²) in [6.45, 7) is 9.24. The van der Waals surface area contributed by atoms with Gasteiger partial charge in [0.25, 0.3) is 0 Å². The number of likely N-dealkylation sites (tertiary alicyclic amines) is 1. The number of nitrogens with one attached hydrogen (secondary N) is 1. The lowest BCUT2D eigenvalue weighted by Gasteiger charge is -2.34. The summed E-state index contributed by atoms with van der Waals surface area (Å²) in [5, 5.41) is 3.42. The Morgan fingerprint density at radius 1 is 1.26 bits per heavy atom. The van der Waals surface area contributed by atoms with Crippen LogP contribution in [0.15, 0.2) is 23.3 Å². The van der Waals surface area contributed by atoms with Gasteiger partial charge >= 0.3 is 0 Å². The molecule has 1 saturated heterocycles. The van der Waals surface area contributed by atoms with Crippen LogP contribution in [0.3, 0.4) is 0 Å². The molecule has 6 nitrogen and oxygen atoms in total. The minimum atomic E-state index is 0. The second kappa shape index (κ2) is 11.7. The Labute approximate surface area is 180 Å². The highest BCUT2D eigenvalue weighted by molar-refractivity contribution is 14.0. The summed E-state index contributed by atoms with van der Waals surface area (Å²) in [6.07, 6.45) is 6.91. The summed E-state index contributed by atoms with van der Waals surface area (Å²) in [6, 6.07) is 4.02. The normalized spacial score (nSPS) is 18.1. The van der Waals surface area contributed by atoms with Crippen LogP contribution >= 0.6 is 24.0 Å². The Bertz CT molecular complexity index is 587. The number of ether oxygens (including phenoxy) is 2. The lowest BCUT2D eigenvalue weighted by Crippen LogP contribution is -2.47. The average molecular weight is 488 g/mol. The van der Waals surface area contributed by atoms with E-state index in [1.165, 1.54) is 12.8 Å². The molecular formula is C20H33IN4O2. The molecule has 0 radical (unpaired) electrons. The van der Waals surface area contributed by atoms with Crippen LogP contribution in [0, 0.1) is 5.92 Å². The first kappa shape index (κ1) is 22.2. The second-order valence-corrected chi connectivity index (χ2v) is 7.07. The van der Waals surface area contributed by atoms with Crippen molar-refractivity contribution in [1.82, 2.24) is 15.2 Å². The zero-order valence-electron chi connectivity index (χ0n) is 16.5. The molecule has 152 valence electrons. The Kier molecular flexibility index (Phi) is 9.61. The Balaban J connectivity index is 0.00000261. The average Bonchev–Trinajstić information content (AvgIpc) is 3.49. The first-order valence-corrected chi connectivity index (χ1v) is 10.0. The van der Waals surface area contributed by atoms with E-state index in [4.69, 9.17) is 14.5 Å². The molecule has 1 aliphatic carbocycles. The van der Waals surface area contributed by atoms with Crippen molar-refractivity contribution in [2.24, 2.45) is 10.9 Å². The van der Waals surface area contributed by atoms with Gasteiger partial charge in [-0.2, -0.15) is 0 Å². The van der Waals surface area contributed by atoms with Gasteiger partial charge in [0.15, 0.2) is 5.96 Å². The van der Waals surface area contributed by atoms with E-state index in [0.29, 0.717) is 18.5 Å². The summed E-state index contributed by atoms with van der Waals surface area (Å²) in [4.78, 5) is 11.5. The Hall–Kier alpha value is -1.09. The fourth-order valence-electron chi connectivity index (χ4n) is 3.18. The van der Waals surface area contributed by atoms with Crippen molar-refractivity contribution in [2.45, 2.75) is 52.2 Å². The molecule has 1 aliphatic heterocycles. The summed E-state index contributed by atoms with van der Waals surface area (Å²) >= 11 is 0. The van der Waals surface area contributed by atoms with Gasteiger partial charge in [-0.1, -0.05) is 0 Å². The third kappa shape index (κ3) is 7.44. The minimum absolute atomic E-state index is 0. The molecular weight excluding hydrogens is 455 g/mol. The van der Waals surface area contributed by atoms with Crippen LogP contribution in [-0.2, 0) is 11.3 Å². The molecule has 1 aromatic rings. The van der Waals surface area contributed by atoms with Crippen molar-refractivity contribution in [1.29, 1.82) is 0 Å². The highest BCUT2D eigenvalue weighted by atomic mass is 127. The number of piperidine rings is 1. The zero-order valence-corrected chi connectivity index (χ0v) is 18.9. The van der Waals surface area contributed by atoms with E-state index < -0.39 is 0 Å². The molecule has 27 heavy (non-hydrogen) atoms. The fourth-order valence-corrected chi connectivity index (χ4v) is 3.18. The van der Waals surface area contributed by atoms with E-state index in [0.717, 1.165) is 63.1 Å². The third-order valence-electron chi connectivity index (χ3n) is 4.85. The number of hydrogen-bond acceptors (Lipinski definition) is 4. The Morgan fingerprint density at radius 2 is 2.04 bits per heavy atom.